The minimum Gasteiger partial charge on any atom is -0.373 e. The van der Waals surface area contributed by atoms with Crippen molar-refractivity contribution >= 4 is 22.5 Å². The number of carbonyl (C=O) groups excluding carboxylic acids is 1. The van der Waals surface area contributed by atoms with Gasteiger partial charge in [-0.25, -0.2) is 0 Å². The van der Waals surface area contributed by atoms with E-state index in [1.807, 2.05) is 6.07 Å². The van der Waals surface area contributed by atoms with Crippen molar-refractivity contribution < 1.29 is 18.0 Å². The number of fused-ring (bicyclic) bond motifs is 1. The second kappa shape index (κ2) is 12.0. The molecule has 0 bridgehead atoms. The molecule has 1 aliphatic heterocycles. The number of piperidine rings is 1. The molecule has 1 aromatic carbocycles. The Morgan fingerprint density at radius 1 is 1.20 bits per heavy atom. The van der Waals surface area contributed by atoms with Crippen molar-refractivity contribution in [1.29, 1.82) is 5.26 Å². The first-order valence-electron chi connectivity index (χ1n) is 13.2. The van der Waals surface area contributed by atoms with E-state index in [4.69, 9.17) is 5.73 Å². The first-order valence-corrected chi connectivity index (χ1v) is 13.2. The molecule has 2 aromatic heterocycles. The van der Waals surface area contributed by atoms with Gasteiger partial charge in [-0.1, -0.05) is 18.1 Å². The Labute approximate surface area is 232 Å². The van der Waals surface area contributed by atoms with Gasteiger partial charge in [-0.05, 0) is 81.4 Å². The average Bonchev–Trinajstić information content (AvgIpc) is 3.24. The number of aromatic nitrogens is 2. The molecule has 0 unspecified atom stereocenters. The normalized spacial score (nSPS) is 14.9. The molecule has 1 aliphatic rings. The van der Waals surface area contributed by atoms with Gasteiger partial charge in [0.05, 0.1) is 41.3 Å². The summed E-state index contributed by atoms with van der Waals surface area (Å²) in [5.41, 5.74) is 7.72. The molecule has 1 fully saturated rings. The minimum absolute atomic E-state index is 0.212. The lowest BCUT2D eigenvalue weighted by Crippen LogP contribution is -2.34. The van der Waals surface area contributed by atoms with Crippen LogP contribution in [-0.4, -0.2) is 46.2 Å². The minimum atomic E-state index is -4.40. The van der Waals surface area contributed by atoms with E-state index in [9.17, 15) is 23.2 Å². The lowest BCUT2D eigenvalue weighted by Gasteiger charge is -2.31. The molecule has 1 saturated heterocycles. The number of anilines is 1. The van der Waals surface area contributed by atoms with Crippen LogP contribution in [0, 0.1) is 29.1 Å². The number of nitrogens with two attached hydrogens (primary N) is 1. The summed E-state index contributed by atoms with van der Waals surface area (Å²) in [5.74, 6) is 5.86. The van der Waals surface area contributed by atoms with E-state index in [0.717, 1.165) is 36.9 Å². The van der Waals surface area contributed by atoms with Gasteiger partial charge >= 0.3 is 6.18 Å². The number of carbonyl (C=O) groups is 1. The number of nitrogens with one attached hydrogen (secondary N) is 1. The van der Waals surface area contributed by atoms with Crippen molar-refractivity contribution in [3.63, 3.8) is 0 Å². The fourth-order valence-corrected chi connectivity index (χ4v) is 5.02. The monoisotopic (exact) mass is 550 g/mol. The van der Waals surface area contributed by atoms with Crippen LogP contribution >= 0.6 is 0 Å². The molecule has 0 spiro atoms. The summed E-state index contributed by atoms with van der Waals surface area (Å²) in [6.07, 6.45) is -0.663. The fourth-order valence-electron chi connectivity index (χ4n) is 5.02. The van der Waals surface area contributed by atoms with Crippen LogP contribution in [0.2, 0.25) is 0 Å². The van der Waals surface area contributed by atoms with Crippen molar-refractivity contribution in [2.24, 2.45) is 11.7 Å². The number of rotatable bonds is 8. The molecule has 3 N–H and O–H groups in total. The molecule has 0 aliphatic carbocycles. The predicted molar refractivity (Wildman–Crippen MR) is 148 cm³/mol. The van der Waals surface area contributed by atoms with Crippen LogP contribution in [0.5, 0.6) is 0 Å². The second-order valence-electron chi connectivity index (χ2n) is 10.8. The SMILES string of the molecule is CC(C)(C#N)c1ccc(NCC#Cc2cc3c(CN4CCC(CC(N)=O)CC4)cccc3n2CC(F)(F)F)cn1. The summed E-state index contributed by atoms with van der Waals surface area (Å²) < 4.78 is 41.8. The van der Waals surface area contributed by atoms with Gasteiger partial charge in [0, 0.05) is 23.9 Å². The molecule has 4 rings (SSSR count). The largest absolute Gasteiger partial charge is 0.406 e. The molecule has 0 saturated carbocycles. The van der Waals surface area contributed by atoms with Crippen LogP contribution in [0.25, 0.3) is 10.9 Å². The third-order valence-corrected chi connectivity index (χ3v) is 7.25. The Bertz CT molecular complexity index is 1450. The van der Waals surface area contributed by atoms with E-state index in [1.165, 1.54) is 4.57 Å². The Morgan fingerprint density at radius 2 is 1.95 bits per heavy atom. The lowest BCUT2D eigenvalue weighted by molar-refractivity contribution is -0.140. The highest BCUT2D eigenvalue weighted by Gasteiger charge is 2.30. The molecular formula is C30H33F3N6O. The van der Waals surface area contributed by atoms with Gasteiger partial charge in [0.2, 0.25) is 5.91 Å². The number of halogens is 3. The molecular weight excluding hydrogens is 517 g/mol. The maximum atomic E-state index is 13.5. The summed E-state index contributed by atoms with van der Waals surface area (Å²) >= 11 is 0. The topological polar surface area (TPSA) is 100.0 Å². The summed E-state index contributed by atoms with van der Waals surface area (Å²) in [6.45, 7) is 4.87. The van der Waals surface area contributed by atoms with E-state index in [2.05, 4.69) is 33.1 Å². The van der Waals surface area contributed by atoms with Crippen LogP contribution < -0.4 is 11.1 Å². The van der Waals surface area contributed by atoms with E-state index in [0.29, 0.717) is 35.6 Å². The van der Waals surface area contributed by atoms with E-state index >= 15 is 0 Å². The number of pyridine rings is 1. The molecule has 0 atom stereocenters. The second-order valence-corrected chi connectivity index (χ2v) is 10.8. The van der Waals surface area contributed by atoms with Crippen LogP contribution in [0.15, 0.2) is 42.6 Å². The first-order chi connectivity index (χ1) is 18.9. The van der Waals surface area contributed by atoms with Crippen LogP contribution in [0.3, 0.4) is 0 Å². The highest BCUT2D eigenvalue weighted by atomic mass is 19.4. The zero-order valence-corrected chi connectivity index (χ0v) is 22.7. The number of likely N-dealkylation sites (tertiary alicyclic amines) is 1. The molecule has 1 amide bonds. The first kappa shape index (κ1) is 29.0. The van der Waals surface area contributed by atoms with Crippen molar-refractivity contribution in [2.75, 3.05) is 25.0 Å². The van der Waals surface area contributed by atoms with Gasteiger partial charge in [-0.15, -0.1) is 0 Å². The van der Waals surface area contributed by atoms with Crippen LogP contribution in [0.1, 0.15) is 50.1 Å². The van der Waals surface area contributed by atoms with E-state index < -0.39 is 18.1 Å². The van der Waals surface area contributed by atoms with Gasteiger partial charge in [-0.2, -0.15) is 18.4 Å². The van der Waals surface area contributed by atoms with Gasteiger partial charge in [0.15, 0.2) is 0 Å². The number of amides is 1. The van der Waals surface area contributed by atoms with Crippen molar-refractivity contribution in [3.8, 4) is 17.9 Å². The fraction of sp³-hybridized carbons (Fsp3) is 0.433. The zero-order valence-electron chi connectivity index (χ0n) is 22.7. The summed E-state index contributed by atoms with van der Waals surface area (Å²) in [7, 11) is 0. The van der Waals surface area contributed by atoms with Crippen molar-refractivity contribution in [1.82, 2.24) is 14.5 Å². The molecule has 210 valence electrons. The molecule has 7 nitrogen and oxygen atoms in total. The number of nitriles is 1. The van der Waals surface area contributed by atoms with Crippen LogP contribution in [-0.2, 0) is 23.3 Å². The molecule has 10 heteroatoms. The maximum absolute atomic E-state index is 13.5. The summed E-state index contributed by atoms with van der Waals surface area (Å²) in [5, 5.41) is 13.1. The smallest absolute Gasteiger partial charge is 0.373 e. The Morgan fingerprint density at radius 3 is 2.58 bits per heavy atom. The standard InChI is InChI=1S/C30H33F3N6O/c1-29(2,19-34)27-9-8-23(17-37-27)36-12-4-6-24-16-25-22(5-3-7-26(25)39(24)20-30(31,32)33)18-38-13-10-21(11-14-38)15-28(35)40/h3,5,7-9,16-17,21,36H,10-15,18,20H2,1-2H3,(H2,35,40). The summed E-state index contributed by atoms with van der Waals surface area (Å²) in [6, 6.07) is 12.9. The van der Waals surface area contributed by atoms with E-state index in [-0.39, 0.29) is 18.4 Å². The number of hydrogen-bond acceptors (Lipinski definition) is 5. The zero-order chi connectivity index (χ0) is 28.9. The number of nitrogens with zero attached hydrogens (tertiary/aromatic N) is 4. The Balaban J connectivity index is 1.51. The third-order valence-electron chi connectivity index (χ3n) is 7.25. The summed E-state index contributed by atoms with van der Waals surface area (Å²) in [4.78, 5) is 17.8. The quantitative estimate of drug-likeness (QED) is 0.387. The highest BCUT2D eigenvalue weighted by Crippen LogP contribution is 2.29. The highest BCUT2D eigenvalue weighted by molar-refractivity contribution is 5.86. The average molecular weight is 551 g/mol. The van der Waals surface area contributed by atoms with E-state index in [1.54, 1.807) is 50.4 Å². The molecule has 3 aromatic rings. The maximum Gasteiger partial charge on any atom is 0.406 e. The molecule has 0 radical (unpaired) electrons. The third kappa shape index (κ3) is 7.34. The molecule has 3 heterocycles. The number of benzene rings is 1. The van der Waals surface area contributed by atoms with Crippen molar-refractivity contribution in [2.45, 2.75) is 57.8 Å². The molecule has 40 heavy (non-hydrogen) atoms. The van der Waals surface area contributed by atoms with Gasteiger partial charge in [0.1, 0.15) is 6.54 Å². The van der Waals surface area contributed by atoms with Crippen molar-refractivity contribution in [3.05, 3.63) is 59.5 Å². The predicted octanol–water partition coefficient (Wildman–Crippen LogP) is 4.95. The van der Waals surface area contributed by atoms with Gasteiger partial charge in [-0.3, -0.25) is 14.7 Å². The van der Waals surface area contributed by atoms with Crippen LogP contribution in [0.4, 0.5) is 18.9 Å². The Hall–Kier alpha value is -4.02. The Kier molecular flexibility index (Phi) is 8.70. The van der Waals surface area contributed by atoms with Gasteiger partial charge in [0.25, 0.3) is 0 Å². The number of hydrogen-bond donors (Lipinski definition) is 2. The number of alkyl halides is 3. The lowest BCUT2D eigenvalue weighted by atomic mass is 9.91. The van der Waals surface area contributed by atoms with Gasteiger partial charge < -0.3 is 15.6 Å². The number of primary amides is 1.